The van der Waals surface area contributed by atoms with E-state index in [1.807, 2.05) is 6.07 Å². The third-order valence-corrected chi connectivity index (χ3v) is 3.91. The van der Waals surface area contributed by atoms with Crippen LogP contribution in [-0.2, 0) is 6.54 Å². The second-order valence-corrected chi connectivity index (χ2v) is 5.01. The van der Waals surface area contributed by atoms with Crippen molar-refractivity contribution < 1.29 is 5.11 Å². The average Bonchev–Trinajstić information content (AvgIpc) is 2.77. The second-order valence-electron chi connectivity index (χ2n) is 4.15. The molecule has 1 aliphatic heterocycles. The Kier molecular flexibility index (Phi) is 3.84. The molecule has 1 aliphatic rings. The Bertz CT molecular complexity index is 370. The third-order valence-electron chi connectivity index (χ3n) is 3.18. The average molecular weight is 285 g/mol. The van der Waals surface area contributed by atoms with Gasteiger partial charge in [-0.25, -0.2) is 0 Å². The number of hydrogen-bond acceptors (Lipinski definition) is 3. The summed E-state index contributed by atoms with van der Waals surface area (Å²) in [6.07, 6.45) is 2.23. The van der Waals surface area contributed by atoms with Crippen LogP contribution in [0.2, 0.25) is 0 Å². The van der Waals surface area contributed by atoms with Gasteiger partial charge in [-0.15, -0.1) is 0 Å². The van der Waals surface area contributed by atoms with Gasteiger partial charge in [-0.05, 0) is 30.5 Å². The first kappa shape index (κ1) is 11.9. The number of nitrogens with zero attached hydrogens (tertiary/aromatic N) is 1. The van der Waals surface area contributed by atoms with E-state index < -0.39 is 0 Å². The lowest BCUT2D eigenvalue weighted by atomic mass is 10.1. The molecule has 3 N–H and O–H groups in total. The monoisotopic (exact) mass is 284 g/mol. The van der Waals surface area contributed by atoms with Crippen LogP contribution in [0, 0.1) is 0 Å². The van der Waals surface area contributed by atoms with Gasteiger partial charge < -0.3 is 15.7 Å². The first-order valence-corrected chi connectivity index (χ1v) is 6.41. The summed E-state index contributed by atoms with van der Waals surface area (Å²) in [5.41, 5.74) is 7.91. The molecule has 1 aromatic rings. The topological polar surface area (TPSA) is 49.5 Å². The highest BCUT2D eigenvalue weighted by molar-refractivity contribution is 9.10. The Morgan fingerprint density at radius 3 is 2.94 bits per heavy atom. The van der Waals surface area contributed by atoms with Gasteiger partial charge in [0, 0.05) is 23.2 Å². The summed E-state index contributed by atoms with van der Waals surface area (Å²) in [6.45, 7) is 1.81. The van der Waals surface area contributed by atoms with E-state index in [0.717, 1.165) is 29.4 Å². The SMILES string of the molecule is NCc1ccc(N2CCCC2CO)cc1Br. The lowest BCUT2D eigenvalue weighted by Crippen LogP contribution is -2.31. The van der Waals surface area contributed by atoms with Gasteiger partial charge in [0.15, 0.2) is 0 Å². The molecule has 1 unspecified atom stereocenters. The summed E-state index contributed by atoms with van der Waals surface area (Å²) in [6, 6.07) is 6.50. The molecule has 1 aromatic carbocycles. The van der Waals surface area contributed by atoms with E-state index in [-0.39, 0.29) is 12.6 Å². The van der Waals surface area contributed by atoms with Crippen molar-refractivity contribution in [3.05, 3.63) is 28.2 Å². The first-order valence-electron chi connectivity index (χ1n) is 5.62. The summed E-state index contributed by atoms with van der Waals surface area (Å²) in [5, 5.41) is 9.29. The molecule has 0 radical (unpaired) electrons. The Morgan fingerprint density at radius 2 is 2.31 bits per heavy atom. The van der Waals surface area contributed by atoms with Gasteiger partial charge >= 0.3 is 0 Å². The predicted molar refractivity (Wildman–Crippen MR) is 69.5 cm³/mol. The van der Waals surface area contributed by atoms with E-state index in [1.54, 1.807) is 0 Å². The van der Waals surface area contributed by atoms with Gasteiger partial charge in [0.1, 0.15) is 0 Å². The maximum atomic E-state index is 9.29. The number of aliphatic hydroxyl groups excluding tert-OH is 1. The smallest absolute Gasteiger partial charge is 0.0635 e. The van der Waals surface area contributed by atoms with Crippen molar-refractivity contribution in [3.8, 4) is 0 Å². The zero-order valence-electron chi connectivity index (χ0n) is 9.19. The van der Waals surface area contributed by atoms with Gasteiger partial charge in [0.05, 0.1) is 12.6 Å². The quantitative estimate of drug-likeness (QED) is 0.891. The fourth-order valence-corrected chi connectivity index (χ4v) is 2.77. The molecule has 0 amide bonds. The van der Waals surface area contributed by atoms with E-state index in [2.05, 4.69) is 33.0 Å². The molecule has 0 bridgehead atoms. The van der Waals surface area contributed by atoms with Crippen LogP contribution in [0.1, 0.15) is 18.4 Å². The standard InChI is InChI=1S/C12H17BrN2O/c13-12-6-10(4-3-9(12)7-14)15-5-1-2-11(15)8-16/h3-4,6,11,16H,1-2,5,7-8,14H2. The lowest BCUT2D eigenvalue weighted by Gasteiger charge is -2.25. The molecule has 0 spiro atoms. The van der Waals surface area contributed by atoms with Crippen molar-refractivity contribution in [1.29, 1.82) is 0 Å². The maximum Gasteiger partial charge on any atom is 0.0635 e. The van der Waals surface area contributed by atoms with Gasteiger partial charge in [0.25, 0.3) is 0 Å². The van der Waals surface area contributed by atoms with Crippen molar-refractivity contribution in [2.45, 2.75) is 25.4 Å². The van der Waals surface area contributed by atoms with Crippen molar-refractivity contribution in [2.75, 3.05) is 18.1 Å². The maximum absolute atomic E-state index is 9.29. The molecule has 2 rings (SSSR count). The molecular weight excluding hydrogens is 268 g/mol. The van der Waals surface area contributed by atoms with Crippen LogP contribution in [0.4, 0.5) is 5.69 Å². The van der Waals surface area contributed by atoms with Crippen LogP contribution >= 0.6 is 15.9 Å². The molecule has 1 heterocycles. The van der Waals surface area contributed by atoms with E-state index >= 15 is 0 Å². The van der Waals surface area contributed by atoms with Crippen LogP contribution in [0.25, 0.3) is 0 Å². The van der Waals surface area contributed by atoms with E-state index in [9.17, 15) is 5.11 Å². The lowest BCUT2D eigenvalue weighted by molar-refractivity contribution is 0.266. The summed E-state index contributed by atoms with van der Waals surface area (Å²) in [7, 11) is 0. The van der Waals surface area contributed by atoms with Crippen molar-refractivity contribution in [1.82, 2.24) is 0 Å². The molecule has 16 heavy (non-hydrogen) atoms. The molecule has 4 heteroatoms. The molecule has 1 fully saturated rings. The molecule has 0 aliphatic carbocycles. The molecule has 0 aromatic heterocycles. The van der Waals surface area contributed by atoms with Crippen LogP contribution in [-0.4, -0.2) is 24.3 Å². The molecule has 1 saturated heterocycles. The number of nitrogens with two attached hydrogens (primary N) is 1. The number of rotatable bonds is 3. The highest BCUT2D eigenvalue weighted by Crippen LogP contribution is 2.29. The van der Waals surface area contributed by atoms with Gasteiger partial charge in [0.2, 0.25) is 0 Å². The molecule has 3 nitrogen and oxygen atoms in total. The molecule has 1 atom stereocenters. The number of halogens is 1. The second kappa shape index (κ2) is 5.17. The van der Waals surface area contributed by atoms with Crippen LogP contribution < -0.4 is 10.6 Å². The Balaban J connectivity index is 2.23. The van der Waals surface area contributed by atoms with Crippen molar-refractivity contribution in [2.24, 2.45) is 5.73 Å². The normalized spacial score (nSPS) is 20.4. The molecule has 88 valence electrons. The highest BCUT2D eigenvalue weighted by atomic mass is 79.9. The van der Waals surface area contributed by atoms with E-state index in [0.29, 0.717) is 6.54 Å². The first-order chi connectivity index (χ1) is 7.76. The zero-order chi connectivity index (χ0) is 11.5. The van der Waals surface area contributed by atoms with E-state index in [4.69, 9.17) is 5.73 Å². The summed E-state index contributed by atoms with van der Waals surface area (Å²) >= 11 is 3.53. The number of benzene rings is 1. The zero-order valence-corrected chi connectivity index (χ0v) is 10.8. The molecular formula is C12H17BrN2O. The minimum Gasteiger partial charge on any atom is -0.394 e. The van der Waals surface area contributed by atoms with Gasteiger partial charge in [-0.2, -0.15) is 0 Å². The minimum atomic E-state index is 0.232. The van der Waals surface area contributed by atoms with Gasteiger partial charge in [-0.1, -0.05) is 22.0 Å². The summed E-state index contributed by atoms with van der Waals surface area (Å²) in [5.74, 6) is 0. The van der Waals surface area contributed by atoms with Gasteiger partial charge in [-0.3, -0.25) is 0 Å². The Labute approximate surface area is 104 Å². The van der Waals surface area contributed by atoms with Crippen molar-refractivity contribution in [3.63, 3.8) is 0 Å². The fourth-order valence-electron chi connectivity index (χ4n) is 2.25. The minimum absolute atomic E-state index is 0.232. The van der Waals surface area contributed by atoms with Crippen LogP contribution in [0.15, 0.2) is 22.7 Å². The van der Waals surface area contributed by atoms with Crippen molar-refractivity contribution >= 4 is 21.6 Å². The summed E-state index contributed by atoms with van der Waals surface area (Å²) < 4.78 is 1.05. The Hall–Kier alpha value is -0.580. The predicted octanol–water partition coefficient (Wildman–Crippen LogP) is 1.87. The number of aliphatic hydroxyl groups is 1. The van der Waals surface area contributed by atoms with Crippen LogP contribution in [0.5, 0.6) is 0 Å². The summed E-state index contributed by atoms with van der Waals surface area (Å²) in [4.78, 5) is 2.27. The highest BCUT2D eigenvalue weighted by Gasteiger charge is 2.24. The van der Waals surface area contributed by atoms with E-state index in [1.165, 1.54) is 5.69 Å². The Morgan fingerprint density at radius 1 is 1.50 bits per heavy atom. The molecule has 0 saturated carbocycles. The number of anilines is 1. The largest absolute Gasteiger partial charge is 0.394 e. The van der Waals surface area contributed by atoms with Crippen LogP contribution in [0.3, 0.4) is 0 Å². The number of hydrogen-bond donors (Lipinski definition) is 2. The fraction of sp³-hybridized carbons (Fsp3) is 0.500. The third kappa shape index (κ3) is 2.24.